The molecule has 0 aliphatic carbocycles. The van der Waals surface area contributed by atoms with E-state index >= 15 is 0 Å². The fourth-order valence-electron chi connectivity index (χ4n) is 0. The van der Waals surface area contributed by atoms with Gasteiger partial charge in [-0.15, -0.1) is 0 Å². The standard InChI is InChI=1S/C2H8N2.C2H7N/c1-2-4-3;1-3-2/h4H,2-3H2,1H3;3H,1-2H3. The molecule has 46 valence electrons. The van der Waals surface area contributed by atoms with Gasteiger partial charge in [-0.1, -0.05) is 6.92 Å². The highest BCUT2D eigenvalue weighted by Crippen LogP contribution is 1.30. The number of nitrogens with one attached hydrogen (secondary N) is 2. The van der Waals surface area contributed by atoms with E-state index in [4.69, 9.17) is 5.84 Å². The molecule has 0 fully saturated rings. The Morgan fingerprint density at radius 1 is 1.43 bits per heavy atom. The lowest BCUT2D eigenvalue weighted by Crippen LogP contribution is -2.20. The van der Waals surface area contributed by atoms with Crippen LogP contribution in [0.4, 0.5) is 0 Å². The van der Waals surface area contributed by atoms with Gasteiger partial charge in [-0.05, 0) is 14.1 Å². The highest BCUT2D eigenvalue weighted by Gasteiger charge is 1.50. The summed E-state index contributed by atoms with van der Waals surface area (Å²) < 4.78 is 0. The molecule has 0 heterocycles. The second kappa shape index (κ2) is 16.9. The van der Waals surface area contributed by atoms with Crippen LogP contribution in [0, 0.1) is 0 Å². The molecule has 0 aliphatic rings. The SMILES string of the molecule is CCNN.CNC. The lowest BCUT2D eigenvalue weighted by atomic mass is 10.8. The van der Waals surface area contributed by atoms with E-state index in [-0.39, 0.29) is 0 Å². The van der Waals surface area contributed by atoms with Crippen molar-refractivity contribution in [1.29, 1.82) is 0 Å². The van der Waals surface area contributed by atoms with Gasteiger partial charge in [0.1, 0.15) is 0 Å². The molecule has 0 aromatic carbocycles. The second-order valence-corrected chi connectivity index (χ2v) is 1.06. The first-order valence-electron chi connectivity index (χ1n) is 2.35. The van der Waals surface area contributed by atoms with Gasteiger partial charge in [0.2, 0.25) is 0 Å². The molecule has 0 bridgehead atoms. The fourth-order valence-corrected chi connectivity index (χ4v) is 0. The summed E-state index contributed by atoms with van der Waals surface area (Å²) in [7, 11) is 3.75. The number of hydrogen-bond acceptors (Lipinski definition) is 3. The van der Waals surface area contributed by atoms with Gasteiger partial charge in [-0.2, -0.15) is 0 Å². The van der Waals surface area contributed by atoms with Gasteiger partial charge >= 0.3 is 0 Å². The van der Waals surface area contributed by atoms with Crippen molar-refractivity contribution in [2.75, 3.05) is 20.6 Å². The Balaban J connectivity index is 0. The molecule has 0 rings (SSSR count). The monoisotopic (exact) mass is 105 g/mol. The fraction of sp³-hybridized carbons (Fsp3) is 1.00. The van der Waals surface area contributed by atoms with Gasteiger partial charge < -0.3 is 5.32 Å². The van der Waals surface area contributed by atoms with Gasteiger partial charge in [0.05, 0.1) is 0 Å². The molecule has 0 spiro atoms. The minimum absolute atomic E-state index is 0.847. The molecule has 0 unspecified atom stereocenters. The van der Waals surface area contributed by atoms with Crippen molar-refractivity contribution in [2.45, 2.75) is 6.92 Å². The summed E-state index contributed by atoms with van der Waals surface area (Å²) in [5, 5.41) is 2.75. The molecule has 0 amide bonds. The maximum absolute atomic E-state index is 4.78. The van der Waals surface area contributed by atoms with Crippen molar-refractivity contribution in [3.63, 3.8) is 0 Å². The van der Waals surface area contributed by atoms with Gasteiger partial charge in [0.25, 0.3) is 0 Å². The van der Waals surface area contributed by atoms with Crippen LogP contribution < -0.4 is 16.6 Å². The first-order chi connectivity index (χ1) is 3.33. The summed E-state index contributed by atoms with van der Waals surface area (Å²) in [6, 6.07) is 0. The van der Waals surface area contributed by atoms with Crippen LogP contribution in [0.5, 0.6) is 0 Å². The Bertz CT molecular complexity index is 14.4. The van der Waals surface area contributed by atoms with Crippen LogP contribution in [0.1, 0.15) is 6.92 Å². The van der Waals surface area contributed by atoms with Crippen LogP contribution in [0.15, 0.2) is 0 Å². The molecular weight excluding hydrogens is 90.1 g/mol. The summed E-state index contributed by atoms with van der Waals surface area (Å²) in [6.45, 7) is 2.79. The van der Waals surface area contributed by atoms with Crippen LogP contribution in [-0.2, 0) is 0 Å². The van der Waals surface area contributed by atoms with E-state index in [9.17, 15) is 0 Å². The zero-order valence-electron chi connectivity index (χ0n) is 5.28. The van der Waals surface area contributed by atoms with E-state index < -0.39 is 0 Å². The molecule has 3 heteroatoms. The molecule has 0 aromatic rings. The van der Waals surface area contributed by atoms with E-state index in [1.165, 1.54) is 0 Å². The molecule has 0 saturated carbocycles. The Labute approximate surface area is 45.2 Å². The quantitative estimate of drug-likeness (QED) is 0.305. The summed E-state index contributed by atoms with van der Waals surface area (Å²) >= 11 is 0. The predicted molar refractivity (Wildman–Crippen MR) is 32.8 cm³/mol. The third-order valence-corrected chi connectivity index (χ3v) is 0.204. The van der Waals surface area contributed by atoms with E-state index in [0.29, 0.717) is 0 Å². The van der Waals surface area contributed by atoms with Crippen molar-refractivity contribution in [3.05, 3.63) is 0 Å². The average Bonchev–Trinajstić information content (AvgIpc) is 1.69. The van der Waals surface area contributed by atoms with Gasteiger partial charge in [0, 0.05) is 6.54 Å². The lowest BCUT2D eigenvalue weighted by Gasteiger charge is -1.77. The van der Waals surface area contributed by atoms with Gasteiger partial charge in [-0.3, -0.25) is 11.3 Å². The number of hydrazine groups is 1. The molecule has 7 heavy (non-hydrogen) atoms. The third-order valence-electron chi connectivity index (χ3n) is 0.204. The minimum Gasteiger partial charge on any atom is -0.323 e. The van der Waals surface area contributed by atoms with E-state index in [0.717, 1.165) is 6.54 Å². The van der Waals surface area contributed by atoms with Crippen molar-refractivity contribution < 1.29 is 0 Å². The summed E-state index contributed by atoms with van der Waals surface area (Å²) in [4.78, 5) is 0. The first-order valence-corrected chi connectivity index (χ1v) is 2.35. The molecular formula is C4H15N3. The molecule has 0 radical (unpaired) electrons. The average molecular weight is 105 g/mol. The van der Waals surface area contributed by atoms with Gasteiger partial charge in [0.15, 0.2) is 0 Å². The van der Waals surface area contributed by atoms with Crippen LogP contribution in [-0.4, -0.2) is 20.6 Å². The molecule has 0 aliphatic heterocycles. The zero-order chi connectivity index (χ0) is 6.12. The maximum Gasteiger partial charge on any atom is 0.00689 e. The predicted octanol–water partition coefficient (Wildman–Crippen LogP) is -0.695. The number of nitrogens with two attached hydrogens (primary N) is 1. The lowest BCUT2D eigenvalue weighted by molar-refractivity contribution is 0.781. The van der Waals surface area contributed by atoms with Crippen LogP contribution in [0.2, 0.25) is 0 Å². The molecule has 0 atom stereocenters. The van der Waals surface area contributed by atoms with Crippen molar-refractivity contribution in [1.82, 2.24) is 10.7 Å². The highest BCUT2D eigenvalue weighted by molar-refractivity contribution is 4.10. The number of hydrogen-bond donors (Lipinski definition) is 3. The smallest absolute Gasteiger partial charge is 0.00689 e. The van der Waals surface area contributed by atoms with Crippen molar-refractivity contribution >= 4 is 0 Å². The summed E-state index contributed by atoms with van der Waals surface area (Å²) in [5.74, 6) is 4.78. The van der Waals surface area contributed by atoms with E-state index in [2.05, 4.69) is 10.7 Å². The number of rotatable bonds is 1. The molecule has 0 saturated heterocycles. The van der Waals surface area contributed by atoms with Crippen LogP contribution >= 0.6 is 0 Å². The van der Waals surface area contributed by atoms with E-state index in [1.54, 1.807) is 0 Å². The maximum atomic E-state index is 4.78. The molecule has 3 nitrogen and oxygen atoms in total. The topological polar surface area (TPSA) is 50.1 Å². The second-order valence-electron chi connectivity index (χ2n) is 1.06. The normalized spacial score (nSPS) is 6.86. The Kier molecular flexibility index (Phi) is 24.1. The van der Waals surface area contributed by atoms with E-state index in [1.807, 2.05) is 21.0 Å². The van der Waals surface area contributed by atoms with Gasteiger partial charge in [-0.25, -0.2) is 0 Å². The van der Waals surface area contributed by atoms with Crippen LogP contribution in [0.25, 0.3) is 0 Å². The largest absolute Gasteiger partial charge is 0.323 e. The molecule has 4 N–H and O–H groups in total. The first kappa shape index (κ1) is 9.99. The summed E-state index contributed by atoms with van der Waals surface area (Å²) in [5.41, 5.74) is 2.43. The zero-order valence-corrected chi connectivity index (χ0v) is 5.28. The summed E-state index contributed by atoms with van der Waals surface area (Å²) in [6.07, 6.45) is 0. The van der Waals surface area contributed by atoms with Crippen molar-refractivity contribution in [3.8, 4) is 0 Å². The third kappa shape index (κ3) is 114. The highest BCUT2D eigenvalue weighted by atomic mass is 15.2. The van der Waals surface area contributed by atoms with Crippen LogP contribution in [0.3, 0.4) is 0 Å². The molecule has 0 aromatic heterocycles. The van der Waals surface area contributed by atoms with Crippen molar-refractivity contribution in [2.24, 2.45) is 5.84 Å². The Hall–Kier alpha value is -0.120. The Morgan fingerprint density at radius 2 is 1.57 bits per heavy atom. The Morgan fingerprint density at radius 3 is 1.57 bits per heavy atom. The minimum atomic E-state index is 0.847.